The summed E-state index contributed by atoms with van der Waals surface area (Å²) in [6.07, 6.45) is 10.5. The summed E-state index contributed by atoms with van der Waals surface area (Å²) in [6, 6.07) is 5.57. The van der Waals surface area contributed by atoms with Crippen LogP contribution in [0.3, 0.4) is 0 Å². The standard InChI is InChI=1S/C20H23N3O3S/c1-7-14-9-15-10-16(8-13(2)17(15)21-11-14)26-19(27-6)18(24)23-20(3,4)12-22-25-5/h1,8-12,19H,2-6H3,(H,23,24). The molecule has 0 aliphatic rings. The van der Waals surface area contributed by atoms with E-state index in [9.17, 15) is 4.79 Å². The second-order valence-electron chi connectivity index (χ2n) is 6.49. The molecular formula is C20H23N3O3S. The molecule has 0 fully saturated rings. The average molecular weight is 385 g/mol. The van der Waals surface area contributed by atoms with Gasteiger partial charge < -0.3 is 14.9 Å². The number of nitrogens with zero attached hydrogens (tertiary/aromatic N) is 2. The molecule has 0 saturated heterocycles. The van der Waals surface area contributed by atoms with Crippen LogP contribution >= 0.6 is 11.8 Å². The summed E-state index contributed by atoms with van der Waals surface area (Å²) in [6.45, 7) is 5.58. The van der Waals surface area contributed by atoms with Crippen LogP contribution < -0.4 is 10.1 Å². The molecule has 0 bridgehead atoms. The van der Waals surface area contributed by atoms with Crippen LogP contribution in [0.4, 0.5) is 0 Å². The van der Waals surface area contributed by atoms with Crippen molar-refractivity contribution in [1.29, 1.82) is 0 Å². The lowest BCUT2D eigenvalue weighted by Gasteiger charge is -2.24. The lowest BCUT2D eigenvalue weighted by Crippen LogP contribution is -2.49. The minimum atomic E-state index is -0.721. The number of thioether (sulfide) groups is 1. The van der Waals surface area contributed by atoms with Gasteiger partial charge in [0.05, 0.1) is 17.3 Å². The third-order valence-corrected chi connectivity index (χ3v) is 4.45. The molecular weight excluding hydrogens is 362 g/mol. The van der Waals surface area contributed by atoms with Gasteiger partial charge in [0.15, 0.2) is 0 Å². The fourth-order valence-electron chi connectivity index (χ4n) is 2.47. The third-order valence-electron chi connectivity index (χ3n) is 3.71. The normalized spacial score (nSPS) is 12.6. The van der Waals surface area contributed by atoms with Crippen molar-refractivity contribution in [3.8, 4) is 18.1 Å². The van der Waals surface area contributed by atoms with Gasteiger partial charge in [0.25, 0.3) is 5.91 Å². The maximum Gasteiger partial charge on any atom is 0.272 e. The highest BCUT2D eigenvalue weighted by molar-refractivity contribution is 7.99. The Morgan fingerprint density at radius 1 is 1.44 bits per heavy atom. The van der Waals surface area contributed by atoms with Gasteiger partial charge in [0.1, 0.15) is 12.9 Å². The molecule has 1 amide bonds. The van der Waals surface area contributed by atoms with Crippen LogP contribution in [0.25, 0.3) is 10.9 Å². The molecule has 27 heavy (non-hydrogen) atoms. The van der Waals surface area contributed by atoms with Gasteiger partial charge in [-0.2, -0.15) is 0 Å². The first-order valence-corrected chi connectivity index (χ1v) is 9.54. The van der Waals surface area contributed by atoms with Crippen LogP contribution in [-0.4, -0.2) is 41.4 Å². The number of hydrogen-bond donors (Lipinski definition) is 1. The van der Waals surface area contributed by atoms with Crippen LogP contribution in [0, 0.1) is 19.3 Å². The van der Waals surface area contributed by atoms with Crippen molar-refractivity contribution in [1.82, 2.24) is 10.3 Å². The number of rotatable bonds is 7. The number of benzene rings is 1. The molecule has 0 aliphatic carbocycles. The van der Waals surface area contributed by atoms with Crippen LogP contribution in [-0.2, 0) is 9.63 Å². The number of terminal acetylenes is 1. The van der Waals surface area contributed by atoms with E-state index >= 15 is 0 Å². The number of aryl methyl sites for hydroxylation is 1. The first kappa shape index (κ1) is 20.6. The summed E-state index contributed by atoms with van der Waals surface area (Å²) in [5.41, 5.74) is 1.09. The Balaban J connectivity index is 2.24. The van der Waals surface area contributed by atoms with E-state index in [1.807, 2.05) is 45.2 Å². The molecule has 0 radical (unpaired) electrons. The predicted molar refractivity (Wildman–Crippen MR) is 110 cm³/mol. The van der Waals surface area contributed by atoms with Crippen molar-refractivity contribution in [3.63, 3.8) is 0 Å². The zero-order chi connectivity index (χ0) is 20.0. The van der Waals surface area contributed by atoms with Gasteiger partial charge in [0, 0.05) is 17.1 Å². The van der Waals surface area contributed by atoms with Crippen molar-refractivity contribution >= 4 is 34.8 Å². The molecule has 7 heteroatoms. The molecule has 1 aromatic heterocycles. The number of nitrogens with one attached hydrogen (secondary N) is 1. The van der Waals surface area contributed by atoms with E-state index < -0.39 is 11.0 Å². The molecule has 2 rings (SSSR count). The number of hydrogen-bond acceptors (Lipinski definition) is 6. The quantitative estimate of drug-likeness (QED) is 0.343. The van der Waals surface area contributed by atoms with Gasteiger partial charge >= 0.3 is 0 Å². The maximum absolute atomic E-state index is 12.6. The largest absolute Gasteiger partial charge is 0.470 e. The minimum Gasteiger partial charge on any atom is -0.470 e. The van der Waals surface area contributed by atoms with Crippen molar-refractivity contribution in [2.24, 2.45) is 5.16 Å². The smallest absolute Gasteiger partial charge is 0.272 e. The molecule has 1 aromatic carbocycles. The summed E-state index contributed by atoms with van der Waals surface area (Å²) in [4.78, 5) is 21.7. The number of ether oxygens (including phenoxy) is 1. The zero-order valence-corrected chi connectivity index (χ0v) is 16.9. The number of aromatic nitrogens is 1. The molecule has 142 valence electrons. The van der Waals surface area contributed by atoms with Gasteiger partial charge in [0.2, 0.25) is 5.44 Å². The number of pyridine rings is 1. The third kappa shape index (κ3) is 5.38. The van der Waals surface area contributed by atoms with Crippen LogP contribution in [0.1, 0.15) is 25.0 Å². The van der Waals surface area contributed by atoms with Crippen molar-refractivity contribution < 1.29 is 14.4 Å². The van der Waals surface area contributed by atoms with E-state index in [-0.39, 0.29) is 5.91 Å². The van der Waals surface area contributed by atoms with Gasteiger partial charge in [-0.1, -0.05) is 11.1 Å². The molecule has 1 unspecified atom stereocenters. The fraction of sp³-hybridized carbons (Fsp3) is 0.350. The molecule has 1 N–H and O–H groups in total. The topological polar surface area (TPSA) is 72.8 Å². The number of carbonyl (C=O) groups excluding carboxylic acids is 1. The SMILES string of the molecule is C#Cc1cnc2c(C)cc(OC(SC)C(=O)NC(C)(C)C=NOC)cc2c1. The summed E-state index contributed by atoms with van der Waals surface area (Å²) in [7, 11) is 1.45. The zero-order valence-electron chi connectivity index (χ0n) is 16.1. The van der Waals surface area contributed by atoms with Crippen LogP contribution in [0.15, 0.2) is 29.6 Å². The maximum atomic E-state index is 12.6. The lowest BCUT2D eigenvalue weighted by molar-refractivity contribution is -0.125. The van der Waals surface area contributed by atoms with Crippen LogP contribution in [0.5, 0.6) is 5.75 Å². The Bertz CT molecular complexity index is 903. The second-order valence-corrected chi connectivity index (χ2v) is 7.39. The lowest BCUT2D eigenvalue weighted by atomic mass is 10.1. The average Bonchev–Trinajstić information content (AvgIpc) is 2.63. The van der Waals surface area contributed by atoms with E-state index in [0.717, 1.165) is 16.5 Å². The Kier molecular flexibility index (Phi) is 6.70. The molecule has 0 saturated carbocycles. The monoisotopic (exact) mass is 385 g/mol. The Morgan fingerprint density at radius 3 is 2.81 bits per heavy atom. The molecule has 2 aromatic rings. The van der Waals surface area contributed by atoms with E-state index in [2.05, 4.69) is 26.2 Å². The van der Waals surface area contributed by atoms with Gasteiger partial charge in [-0.3, -0.25) is 9.78 Å². The van der Waals surface area contributed by atoms with E-state index in [1.165, 1.54) is 25.1 Å². The van der Waals surface area contributed by atoms with Crippen LogP contribution in [0.2, 0.25) is 0 Å². The number of oxime groups is 1. The molecule has 1 heterocycles. The Morgan fingerprint density at radius 2 is 2.19 bits per heavy atom. The van der Waals surface area contributed by atoms with Gasteiger partial charge in [-0.15, -0.1) is 18.2 Å². The number of amides is 1. The molecule has 0 spiro atoms. The predicted octanol–water partition coefficient (Wildman–Crippen LogP) is 3.12. The highest BCUT2D eigenvalue weighted by atomic mass is 32.2. The van der Waals surface area contributed by atoms with Crippen molar-refractivity contribution in [2.75, 3.05) is 13.4 Å². The first-order chi connectivity index (χ1) is 12.8. The summed E-state index contributed by atoms with van der Waals surface area (Å²) < 4.78 is 5.93. The summed E-state index contributed by atoms with van der Waals surface area (Å²) in [5, 5.41) is 7.47. The second kappa shape index (κ2) is 8.78. The molecule has 6 nitrogen and oxygen atoms in total. The minimum absolute atomic E-state index is 0.261. The fourth-order valence-corrected chi connectivity index (χ4v) is 2.95. The van der Waals surface area contributed by atoms with E-state index in [0.29, 0.717) is 11.3 Å². The first-order valence-electron chi connectivity index (χ1n) is 8.26. The van der Waals surface area contributed by atoms with Gasteiger partial charge in [-0.25, -0.2) is 0 Å². The summed E-state index contributed by atoms with van der Waals surface area (Å²) >= 11 is 1.30. The van der Waals surface area contributed by atoms with E-state index in [4.69, 9.17) is 11.2 Å². The van der Waals surface area contributed by atoms with E-state index in [1.54, 1.807) is 6.20 Å². The number of carbonyl (C=O) groups is 1. The van der Waals surface area contributed by atoms with Gasteiger partial charge in [-0.05, 0) is 50.8 Å². The Labute approximate surface area is 163 Å². The van der Waals surface area contributed by atoms with Crippen molar-refractivity contribution in [3.05, 3.63) is 35.5 Å². The number of fused-ring (bicyclic) bond motifs is 1. The Hall–Kier alpha value is -2.72. The molecule has 0 aliphatic heterocycles. The highest BCUT2D eigenvalue weighted by Crippen LogP contribution is 2.26. The molecule has 1 atom stereocenters. The highest BCUT2D eigenvalue weighted by Gasteiger charge is 2.26. The summed E-state index contributed by atoms with van der Waals surface area (Å²) in [5.74, 6) is 2.89. The van der Waals surface area contributed by atoms with Crippen molar-refractivity contribution in [2.45, 2.75) is 31.7 Å².